The van der Waals surface area contributed by atoms with E-state index in [9.17, 15) is 0 Å². The lowest BCUT2D eigenvalue weighted by molar-refractivity contribution is 0.622. The second-order valence-electron chi connectivity index (χ2n) is 6.02. The zero-order valence-corrected chi connectivity index (χ0v) is 14.7. The van der Waals surface area contributed by atoms with Gasteiger partial charge in [-0.25, -0.2) is 4.68 Å². The highest BCUT2D eigenvalue weighted by Crippen LogP contribution is 2.20. The predicted molar refractivity (Wildman–Crippen MR) is 92.9 cm³/mol. The number of benzene rings is 1. The third kappa shape index (κ3) is 4.57. The molecule has 0 N–H and O–H groups in total. The Hall–Kier alpha value is -1.35. The van der Waals surface area contributed by atoms with Crippen molar-refractivity contribution in [2.45, 2.75) is 40.0 Å². The fourth-order valence-corrected chi connectivity index (χ4v) is 2.93. The first-order valence-electron chi connectivity index (χ1n) is 7.44. The van der Waals surface area contributed by atoms with Gasteiger partial charge in [-0.1, -0.05) is 48.0 Å². The summed E-state index contributed by atoms with van der Waals surface area (Å²) in [6.07, 6.45) is 3.11. The fraction of sp³-hybridized carbons (Fsp3) is 0.389. The van der Waals surface area contributed by atoms with Crippen LogP contribution in [0, 0.1) is 12.8 Å². The molecule has 0 saturated carbocycles. The Morgan fingerprint density at radius 2 is 2.10 bits per heavy atom. The van der Waals surface area contributed by atoms with Gasteiger partial charge in [0.05, 0.1) is 11.4 Å². The largest absolute Gasteiger partial charge is 0.238 e. The van der Waals surface area contributed by atoms with Crippen molar-refractivity contribution in [3.8, 4) is 5.69 Å². The van der Waals surface area contributed by atoms with E-state index < -0.39 is 0 Å². The maximum absolute atomic E-state index is 4.63. The van der Waals surface area contributed by atoms with Gasteiger partial charge in [-0.2, -0.15) is 5.10 Å². The van der Waals surface area contributed by atoms with Gasteiger partial charge in [-0.05, 0) is 56.4 Å². The quantitative estimate of drug-likeness (QED) is 0.633. The third-order valence-corrected chi connectivity index (χ3v) is 3.88. The molecule has 3 heteroatoms. The summed E-state index contributed by atoms with van der Waals surface area (Å²) in [4.78, 5) is 0. The first-order valence-corrected chi connectivity index (χ1v) is 8.23. The Labute approximate surface area is 136 Å². The van der Waals surface area contributed by atoms with Crippen LogP contribution >= 0.6 is 15.9 Å². The van der Waals surface area contributed by atoms with Crippen molar-refractivity contribution in [1.29, 1.82) is 0 Å². The molecule has 0 radical (unpaired) electrons. The summed E-state index contributed by atoms with van der Waals surface area (Å²) in [5.41, 5.74) is 4.72. The Morgan fingerprint density at radius 3 is 2.76 bits per heavy atom. The molecule has 0 aliphatic carbocycles. The van der Waals surface area contributed by atoms with E-state index >= 15 is 0 Å². The minimum atomic E-state index is 0.675. The van der Waals surface area contributed by atoms with Gasteiger partial charge in [-0.15, -0.1) is 0 Å². The summed E-state index contributed by atoms with van der Waals surface area (Å²) < 4.78 is 3.12. The number of aryl methyl sites for hydroxylation is 2. The van der Waals surface area contributed by atoms with Gasteiger partial charge in [0.2, 0.25) is 0 Å². The number of hydrogen-bond donors (Lipinski definition) is 0. The zero-order chi connectivity index (χ0) is 15.4. The topological polar surface area (TPSA) is 17.8 Å². The number of nitrogens with zero attached hydrogens (tertiary/aromatic N) is 2. The molecule has 1 heterocycles. The fourth-order valence-electron chi connectivity index (χ4n) is 2.55. The summed E-state index contributed by atoms with van der Waals surface area (Å²) >= 11 is 3.52. The van der Waals surface area contributed by atoms with Gasteiger partial charge in [0.25, 0.3) is 0 Å². The number of aromatic nitrogens is 2. The standard InChI is InChI=1S/C18H23BrN2/c1-13(2)10-14(3)8-9-18-11-15(4)20-21(18)17-7-5-6-16(19)12-17/h5-7,11-13H,3,8-10H2,1-2,4H3. The lowest BCUT2D eigenvalue weighted by Crippen LogP contribution is -2.03. The van der Waals surface area contributed by atoms with Crippen LogP contribution in [0.2, 0.25) is 0 Å². The van der Waals surface area contributed by atoms with E-state index in [-0.39, 0.29) is 0 Å². The smallest absolute Gasteiger partial charge is 0.0660 e. The van der Waals surface area contributed by atoms with Gasteiger partial charge >= 0.3 is 0 Å². The molecule has 2 rings (SSSR count). The first-order chi connectivity index (χ1) is 9.95. The van der Waals surface area contributed by atoms with Crippen LogP contribution in [0.3, 0.4) is 0 Å². The first kappa shape index (κ1) is 16.0. The average Bonchev–Trinajstić information content (AvgIpc) is 2.77. The number of allylic oxidation sites excluding steroid dienone is 1. The van der Waals surface area contributed by atoms with Crippen LogP contribution in [0.15, 0.2) is 47.0 Å². The summed E-state index contributed by atoms with van der Waals surface area (Å²) in [6, 6.07) is 10.4. The third-order valence-electron chi connectivity index (χ3n) is 3.39. The number of halogens is 1. The van der Waals surface area contributed by atoms with Crippen LogP contribution in [-0.2, 0) is 6.42 Å². The summed E-state index contributed by atoms with van der Waals surface area (Å²) in [5, 5.41) is 4.63. The van der Waals surface area contributed by atoms with E-state index in [2.05, 4.69) is 59.7 Å². The van der Waals surface area contributed by atoms with Crippen LogP contribution in [0.1, 0.15) is 38.1 Å². The van der Waals surface area contributed by atoms with Gasteiger partial charge < -0.3 is 0 Å². The highest BCUT2D eigenvalue weighted by atomic mass is 79.9. The molecule has 21 heavy (non-hydrogen) atoms. The van der Waals surface area contributed by atoms with Crippen molar-refractivity contribution in [1.82, 2.24) is 9.78 Å². The molecule has 0 spiro atoms. The van der Waals surface area contributed by atoms with Gasteiger partial charge in [0.15, 0.2) is 0 Å². The maximum Gasteiger partial charge on any atom is 0.0660 e. The molecular formula is C18H23BrN2. The van der Waals surface area contributed by atoms with Crippen molar-refractivity contribution >= 4 is 15.9 Å². The van der Waals surface area contributed by atoms with Crippen LogP contribution in [0.25, 0.3) is 5.69 Å². The van der Waals surface area contributed by atoms with E-state index in [1.54, 1.807) is 0 Å². The van der Waals surface area contributed by atoms with Crippen molar-refractivity contribution in [2.75, 3.05) is 0 Å². The van der Waals surface area contributed by atoms with Crippen molar-refractivity contribution in [2.24, 2.45) is 5.92 Å². The summed E-state index contributed by atoms with van der Waals surface area (Å²) in [7, 11) is 0. The van der Waals surface area contributed by atoms with E-state index in [4.69, 9.17) is 0 Å². The molecule has 0 aliphatic heterocycles. The van der Waals surface area contributed by atoms with Gasteiger partial charge in [0, 0.05) is 10.2 Å². The van der Waals surface area contributed by atoms with E-state index in [0.29, 0.717) is 5.92 Å². The highest BCUT2D eigenvalue weighted by molar-refractivity contribution is 9.10. The van der Waals surface area contributed by atoms with Crippen LogP contribution in [-0.4, -0.2) is 9.78 Å². The van der Waals surface area contributed by atoms with Crippen LogP contribution in [0.5, 0.6) is 0 Å². The predicted octanol–water partition coefficient (Wildman–Crippen LogP) is 5.48. The average molecular weight is 347 g/mol. The molecule has 1 aromatic heterocycles. The highest BCUT2D eigenvalue weighted by Gasteiger charge is 2.09. The monoisotopic (exact) mass is 346 g/mol. The molecule has 112 valence electrons. The second kappa shape index (κ2) is 7.08. The van der Waals surface area contributed by atoms with Crippen molar-refractivity contribution in [3.63, 3.8) is 0 Å². The molecule has 0 saturated heterocycles. The molecular weight excluding hydrogens is 324 g/mol. The van der Waals surface area contributed by atoms with Gasteiger partial charge in [-0.3, -0.25) is 0 Å². The SMILES string of the molecule is C=C(CCc1cc(C)nn1-c1cccc(Br)c1)CC(C)C. The summed E-state index contributed by atoms with van der Waals surface area (Å²) in [6.45, 7) is 10.7. The molecule has 0 bridgehead atoms. The Bertz CT molecular complexity index is 626. The van der Waals surface area contributed by atoms with Gasteiger partial charge in [0.1, 0.15) is 0 Å². The number of hydrogen-bond acceptors (Lipinski definition) is 1. The zero-order valence-electron chi connectivity index (χ0n) is 13.1. The Morgan fingerprint density at radius 1 is 1.33 bits per heavy atom. The van der Waals surface area contributed by atoms with Crippen molar-refractivity contribution < 1.29 is 0 Å². The normalized spacial score (nSPS) is 11.1. The Kier molecular flexibility index (Phi) is 5.40. The molecule has 0 atom stereocenters. The van der Waals surface area contributed by atoms with Crippen LogP contribution in [0.4, 0.5) is 0 Å². The number of rotatable bonds is 6. The molecule has 2 nitrogen and oxygen atoms in total. The van der Waals surface area contributed by atoms with E-state index in [1.165, 1.54) is 11.3 Å². The molecule has 0 unspecified atom stereocenters. The minimum absolute atomic E-state index is 0.675. The molecule has 1 aromatic carbocycles. The van der Waals surface area contributed by atoms with E-state index in [0.717, 1.165) is 35.1 Å². The molecule has 0 amide bonds. The minimum Gasteiger partial charge on any atom is -0.238 e. The molecule has 0 fully saturated rings. The maximum atomic E-state index is 4.63. The lowest BCUT2D eigenvalue weighted by Gasteiger charge is -2.10. The van der Waals surface area contributed by atoms with Crippen molar-refractivity contribution in [3.05, 3.63) is 58.3 Å². The van der Waals surface area contributed by atoms with Crippen LogP contribution < -0.4 is 0 Å². The van der Waals surface area contributed by atoms with E-state index in [1.807, 2.05) is 23.7 Å². The summed E-state index contributed by atoms with van der Waals surface area (Å²) in [5.74, 6) is 0.675. The lowest BCUT2D eigenvalue weighted by atomic mass is 10.00. The Balaban J connectivity index is 2.16. The molecule has 2 aromatic rings. The molecule has 0 aliphatic rings. The second-order valence-corrected chi connectivity index (χ2v) is 6.93.